The van der Waals surface area contributed by atoms with E-state index in [0.717, 1.165) is 18.2 Å². The van der Waals surface area contributed by atoms with Crippen molar-refractivity contribution in [1.82, 2.24) is 10.3 Å². The second kappa shape index (κ2) is 6.74. The predicted octanol–water partition coefficient (Wildman–Crippen LogP) is 3.24. The summed E-state index contributed by atoms with van der Waals surface area (Å²) in [5.41, 5.74) is 0.994. The normalized spacial score (nSPS) is 19.4. The molecule has 0 saturated heterocycles. The molecule has 1 fully saturated rings. The lowest BCUT2D eigenvalue weighted by Gasteiger charge is -2.23. The van der Waals surface area contributed by atoms with Crippen LogP contribution in [-0.2, 0) is 6.54 Å². The SMILES string of the molecule is C[C@H](NCc1ccc(O)cn1)C1CCCCCC1. The fourth-order valence-electron chi connectivity index (χ4n) is 2.76. The van der Waals surface area contributed by atoms with Crippen LogP contribution in [0.5, 0.6) is 5.75 Å². The molecule has 0 radical (unpaired) electrons. The Bertz CT molecular complexity index is 342. The van der Waals surface area contributed by atoms with E-state index in [-0.39, 0.29) is 5.75 Å². The molecule has 0 bridgehead atoms. The third kappa shape index (κ3) is 3.98. The molecule has 0 aliphatic heterocycles. The number of nitrogens with one attached hydrogen (secondary N) is 1. The van der Waals surface area contributed by atoms with E-state index in [1.807, 2.05) is 6.07 Å². The Kier molecular flexibility index (Phi) is 5.00. The van der Waals surface area contributed by atoms with Crippen LogP contribution in [0, 0.1) is 5.92 Å². The highest BCUT2D eigenvalue weighted by molar-refractivity contribution is 5.17. The van der Waals surface area contributed by atoms with Gasteiger partial charge in [-0.15, -0.1) is 0 Å². The Labute approximate surface area is 110 Å². The minimum atomic E-state index is 0.232. The van der Waals surface area contributed by atoms with E-state index in [4.69, 9.17) is 0 Å². The zero-order valence-electron chi connectivity index (χ0n) is 11.2. The van der Waals surface area contributed by atoms with Crippen molar-refractivity contribution in [3.63, 3.8) is 0 Å². The van der Waals surface area contributed by atoms with Crippen molar-refractivity contribution in [1.29, 1.82) is 0 Å². The summed E-state index contributed by atoms with van der Waals surface area (Å²) in [6.07, 6.45) is 9.80. The molecule has 1 aromatic heterocycles. The Morgan fingerprint density at radius 2 is 2.00 bits per heavy atom. The molecule has 0 aromatic carbocycles. The highest BCUT2D eigenvalue weighted by Gasteiger charge is 2.18. The van der Waals surface area contributed by atoms with Crippen LogP contribution < -0.4 is 5.32 Å². The van der Waals surface area contributed by atoms with Gasteiger partial charge in [-0.1, -0.05) is 25.7 Å². The number of pyridine rings is 1. The molecule has 3 heteroatoms. The molecule has 1 atom stereocenters. The second-order valence-corrected chi connectivity index (χ2v) is 5.43. The summed E-state index contributed by atoms with van der Waals surface area (Å²) in [4.78, 5) is 4.20. The zero-order chi connectivity index (χ0) is 12.8. The van der Waals surface area contributed by atoms with Gasteiger partial charge in [0.25, 0.3) is 0 Å². The van der Waals surface area contributed by atoms with E-state index in [9.17, 15) is 5.11 Å². The third-order valence-corrected chi connectivity index (χ3v) is 4.02. The lowest BCUT2D eigenvalue weighted by atomic mass is 9.93. The number of aromatic hydroxyl groups is 1. The van der Waals surface area contributed by atoms with Crippen LogP contribution in [0.3, 0.4) is 0 Å². The molecule has 1 aliphatic rings. The molecule has 1 heterocycles. The van der Waals surface area contributed by atoms with Crippen molar-refractivity contribution >= 4 is 0 Å². The quantitative estimate of drug-likeness (QED) is 0.804. The van der Waals surface area contributed by atoms with Crippen LogP contribution in [-0.4, -0.2) is 16.1 Å². The average Bonchev–Trinajstić information content (AvgIpc) is 2.66. The number of nitrogens with zero attached hydrogens (tertiary/aromatic N) is 1. The van der Waals surface area contributed by atoms with Gasteiger partial charge in [-0.2, -0.15) is 0 Å². The summed E-state index contributed by atoms with van der Waals surface area (Å²) < 4.78 is 0. The minimum absolute atomic E-state index is 0.232. The van der Waals surface area contributed by atoms with E-state index >= 15 is 0 Å². The lowest BCUT2D eigenvalue weighted by molar-refractivity contribution is 0.335. The van der Waals surface area contributed by atoms with Gasteiger partial charge in [-0.25, -0.2) is 0 Å². The van der Waals surface area contributed by atoms with Crippen molar-refractivity contribution in [3.8, 4) is 5.75 Å². The molecule has 3 nitrogen and oxygen atoms in total. The van der Waals surface area contributed by atoms with Crippen LogP contribution in [0.15, 0.2) is 18.3 Å². The highest BCUT2D eigenvalue weighted by atomic mass is 16.3. The highest BCUT2D eigenvalue weighted by Crippen LogP contribution is 2.25. The van der Waals surface area contributed by atoms with Gasteiger partial charge in [0.1, 0.15) is 5.75 Å². The van der Waals surface area contributed by atoms with E-state index in [2.05, 4.69) is 17.2 Å². The summed E-state index contributed by atoms with van der Waals surface area (Å²) in [6, 6.07) is 4.13. The van der Waals surface area contributed by atoms with E-state index in [1.165, 1.54) is 44.7 Å². The Morgan fingerprint density at radius 1 is 1.28 bits per heavy atom. The molecule has 1 aromatic rings. The first kappa shape index (κ1) is 13.3. The van der Waals surface area contributed by atoms with E-state index in [1.54, 1.807) is 6.07 Å². The standard InChI is InChI=1S/C15H24N2O/c1-12(13-6-4-2-3-5-7-13)16-10-14-8-9-15(18)11-17-14/h8-9,11-13,16,18H,2-7,10H2,1H3/t12-/m0/s1. The van der Waals surface area contributed by atoms with Crippen molar-refractivity contribution in [3.05, 3.63) is 24.0 Å². The van der Waals surface area contributed by atoms with Crippen LogP contribution in [0.25, 0.3) is 0 Å². The molecule has 0 unspecified atom stereocenters. The summed E-state index contributed by atoms with van der Waals surface area (Å²) in [5, 5.41) is 12.8. The van der Waals surface area contributed by atoms with E-state index < -0.39 is 0 Å². The second-order valence-electron chi connectivity index (χ2n) is 5.43. The maximum atomic E-state index is 9.19. The van der Waals surface area contributed by atoms with Crippen molar-refractivity contribution < 1.29 is 5.11 Å². The van der Waals surface area contributed by atoms with E-state index in [0.29, 0.717) is 6.04 Å². The Balaban J connectivity index is 1.79. The number of aromatic nitrogens is 1. The smallest absolute Gasteiger partial charge is 0.133 e. The van der Waals surface area contributed by atoms with Gasteiger partial charge in [0, 0.05) is 12.6 Å². The first-order valence-corrected chi connectivity index (χ1v) is 7.13. The molecule has 100 valence electrons. The largest absolute Gasteiger partial charge is 0.506 e. The molecule has 0 spiro atoms. The van der Waals surface area contributed by atoms with Gasteiger partial charge in [-0.05, 0) is 37.8 Å². The van der Waals surface area contributed by atoms with Gasteiger partial charge < -0.3 is 10.4 Å². The number of hydrogen-bond acceptors (Lipinski definition) is 3. The van der Waals surface area contributed by atoms with Gasteiger partial charge in [0.2, 0.25) is 0 Å². The first-order valence-electron chi connectivity index (χ1n) is 7.13. The fraction of sp³-hybridized carbons (Fsp3) is 0.667. The van der Waals surface area contributed by atoms with Gasteiger partial charge >= 0.3 is 0 Å². The van der Waals surface area contributed by atoms with Crippen LogP contribution in [0.4, 0.5) is 0 Å². The minimum Gasteiger partial charge on any atom is -0.506 e. The first-order chi connectivity index (χ1) is 8.75. The van der Waals surface area contributed by atoms with Crippen molar-refractivity contribution in [2.75, 3.05) is 0 Å². The molecule has 0 amide bonds. The average molecular weight is 248 g/mol. The summed E-state index contributed by atoms with van der Waals surface area (Å²) >= 11 is 0. The van der Waals surface area contributed by atoms with Gasteiger partial charge in [0.05, 0.1) is 11.9 Å². The van der Waals surface area contributed by atoms with Crippen molar-refractivity contribution in [2.45, 2.75) is 58.0 Å². The van der Waals surface area contributed by atoms with Crippen LogP contribution in [0.1, 0.15) is 51.1 Å². The number of rotatable bonds is 4. The summed E-state index contributed by atoms with van der Waals surface area (Å²) in [5.74, 6) is 1.04. The number of hydrogen-bond donors (Lipinski definition) is 2. The molecule has 2 rings (SSSR count). The lowest BCUT2D eigenvalue weighted by Crippen LogP contribution is -2.33. The topological polar surface area (TPSA) is 45.1 Å². The maximum Gasteiger partial charge on any atom is 0.133 e. The third-order valence-electron chi connectivity index (χ3n) is 4.02. The zero-order valence-corrected chi connectivity index (χ0v) is 11.2. The van der Waals surface area contributed by atoms with Crippen LogP contribution in [0.2, 0.25) is 0 Å². The fourth-order valence-corrected chi connectivity index (χ4v) is 2.76. The van der Waals surface area contributed by atoms with Gasteiger partial charge in [0.15, 0.2) is 0 Å². The Morgan fingerprint density at radius 3 is 2.61 bits per heavy atom. The molecular formula is C15H24N2O. The molecule has 18 heavy (non-hydrogen) atoms. The molecular weight excluding hydrogens is 224 g/mol. The monoisotopic (exact) mass is 248 g/mol. The molecule has 1 saturated carbocycles. The van der Waals surface area contributed by atoms with Crippen molar-refractivity contribution in [2.24, 2.45) is 5.92 Å². The Hall–Kier alpha value is -1.09. The maximum absolute atomic E-state index is 9.19. The van der Waals surface area contributed by atoms with Crippen LogP contribution >= 0.6 is 0 Å². The van der Waals surface area contributed by atoms with Gasteiger partial charge in [-0.3, -0.25) is 4.98 Å². The predicted molar refractivity (Wildman–Crippen MR) is 73.4 cm³/mol. The summed E-state index contributed by atoms with van der Waals surface area (Å²) in [7, 11) is 0. The molecule has 2 N–H and O–H groups in total. The summed E-state index contributed by atoms with van der Waals surface area (Å²) in [6.45, 7) is 3.08. The molecule has 1 aliphatic carbocycles.